The molecule has 2 atom stereocenters. The van der Waals surface area contributed by atoms with E-state index in [9.17, 15) is 4.79 Å². The molecule has 0 aromatic heterocycles. The number of hydrogen-bond acceptors (Lipinski definition) is 3. The smallest absolute Gasteiger partial charge is 0.236 e. The topological polar surface area (TPSA) is 35.6 Å². The molecule has 1 saturated carbocycles. The highest BCUT2D eigenvalue weighted by Crippen LogP contribution is 2.28. The highest BCUT2D eigenvalue weighted by Gasteiger charge is 2.22. The second-order valence-corrected chi connectivity index (χ2v) is 6.47. The Hall–Kier alpha value is -0.610. The number of amides is 1. The molecule has 1 N–H and O–H groups in total. The van der Waals surface area contributed by atoms with Crippen LogP contribution in [0.5, 0.6) is 0 Å². The average molecular weight is 267 g/mol. The molecule has 0 bridgehead atoms. The third kappa shape index (κ3) is 4.77. The van der Waals surface area contributed by atoms with Gasteiger partial charge >= 0.3 is 0 Å². The molecule has 1 amide bonds. The summed E-state index contributed by atoms with van der Waals surface area (Å²) in [4.78, 5) is 16.4. The maximum Gasteiger partial charge on any atom is 0.236 e. The number of carbonyl (C=O) groups is 1. The highest BCUT2D eigenvalue weighted by atomic mass is 16.2. The summed E-state index contributed by atoms with van der Waals surface area (Å²) in [7, 11) is 2.10. The molecule has 4 heteroatoms. The minimum atomic E-state index is 0.299. The molecule has 2 rings (SSSR count). The number of hydrogen-bond donors (Lipinski definition) is 1. The molecule has 19 heavy (non-hydrogen) atoms. The third-order valence-corrected chi connectivity index (χ3v) is 4.49. The Morgan fingerprint density at radius 3 is 2.74 bits per heavy atom. The Morgan fingerprint density at radius 1 is 1.32 bits per heavy atom. The number of carbonyl (C=O) groups excluding carboxylic acids is 1. The van der Waals surface area contributed by atoms with Gasteiger partial charge in [0.15, 0.2) is 0 Å². The van der Waals surface area contributed by atoms with Crippen molar-refractivity contribution in [1.29, 1.82) is 0 Å². The second kappa shape index (κ2) is 7.25. The van der Waals surface area contributed by atoms with E-state index >= 15 is 0 Å². The van der Waals surface area contributed by atoms with E-state index in [0.29, 0.717) is 12.5 Å². The van der Waals surface area contributed by atoms with Gasteiger partial charge in [0.25, 0.3) is 0 Å². The Labute approximate surface area is 117 Å². The molecule has 4 nitrogen and oxygen atoms in total. The van der Waals surface area contributed by atoms with Crippen molar-refractivity contribution in [2.24, 2.45) is 11.8 Å². The van der Waals surface area contributed by atoms with Crippen LogP contribution in [0, 0.1) is 11.8 Å². The van der Waals surface area contributed by atoms with E-state index in [1.807, 2.05) is 4.90 Å². The van der Waals surface area contributed by atoms with Crippen LogP contribution in [0.4, 0.5) is 0 Å². The lowest BCUT2D eigenvalue weighted by molar-refractivity contribution is -0.132. The van der Waals surface area contributed by atoms with Crippen molar-refractivity contribution in [2.45, 2.75) is 32.6 Å². The van der Waals surface area contributed by atoms with Crippen molar-refractivity contribution >= 4 is 5.91 Å². The van der Waals surface area contributed by atoms with Crippen LogP contribution in [0.15, 0.2) is 0 Å². The third-order valence-electron chi connectivity index (χ3n) is 4.49. The Bertz CT molecular complexity index is 289. The predicted molar refractivity (Wildman–Crippen MR) is 78.1 cm³/mol. The predicted octanol–water partition coefficient (Wildman–Crippen LogP) is 1.18. The van der Waals surface area contributed by atoms with Gasteiger partial charge in [0.2, 0.25) is 5.91 Å². The number of piperazine rings is 1. The molecule has 1 saturated heterocycles. The number of rotatable bonds is 4. The highest BCUT2D eigenvalue weighted by molar-refractivity contribution is 5.78. The van der Waals surface area contributed by atoms with Crippen molar-refractivity contribution in [3.8, 4) is 0 Å². The average Bonchev–Trinajstić information content (AvgIpc) is 2.39. The van der Waals surface area contributed by atoms with E-state index in [1.165, 1.54) is 25.7 Å². The van der Waals surface area contributed by atoms with Gasteiger partial charge in [-0.15, -0.1) is 0 Å². The molecule has 0 radical (unpaired) electrons. The summed E-state index contributed by atoms with van der Waals surface area (Å²) in [5, 5.41) is 3.29. The first-order valence-corrected chi connectivity index (χ1v) is 7.82. The van der Waals surface area contributed by atoms with Gasteiger partial charge in [-0.25, -0.2) is 0 Å². The molecule has 1 aliphatic heterocycles. The zero-order valence-corrected chi connectivity index (χ0v) is 12.5. The van der Waals surface area contributed by atoms with Crippen LogP contribution in [-0.2, 0) is 4.79 Å². The van der Waals surface area contributed by atoms with Crippen molar-refractivity contribution in [3.63, 3.8) is 0 Å². The second-order valence-electron chi connectivity index (χ2n) is 6.47. The van der Waals surface area contributed by atoms with Gasteiger partial charge in [-0.3, -0.25) is 9.69 Å². The van der Waals surface area contributed by atoms with Gasteiger partial charge in [-0.1, -0.05) is 19.8 Å². The monoisotopic (exact) mass is 267 g/mol. The lowest BCUT2D eigenvalue weighted by atomic mass is 9.82. The molecule has 1 heterocycles. The van der Waals surface area contributed by atoms with Crippen LogP contribution in [-0.4, -0.2) is 62.0 Å². The quantitative estimate of drug-likeness (QED) is 0.831. The Kier molecular flexibility index (Phi) is 5.64. The standard InChI is InChI=1S/C15H29N3O/c1-13-4-3-5-14(10-13)11-17(2)12-15(19)18-8-6-16-7-9-18/h13-14,16H,3-12H2,1-2H3. The maximum absolute atomic E-state index is 12.2. The van der Waals surface area contributed by atoms with Gasteiger partial charge in [-0.05, 0) is 31.7 Å². The molecule has 0 aromatic carbocycles. The molecular formula is C15H29N3O. The summed E-state index contributed by atoms with van der Waals surface area (Å²) in [6.45, 7) is 7.65. The maximum atomic E-state index is 12.2. The molecule has 2 unspecified atom stereocenters. The van der Waals surface area contributed by atoms with Gasteiger partial charge in [0, 0.05) is 32.7 Å². The van der Waals surface area contributed by atoms with E-state index in [1.54, 1.807) is 0 Å². The zero-order chi connectivity index (χ0) is 13.7. The van der Waals surface area contributed by atoms with E-state index in [-0.39, 0.29) is 0 Å². The van der Waals surface area contributed by atoms with Gasteiger partial charge in [-0.2, -0.15) is 0 Å². The lowest BCUT2D eigenvalue weighted by Gasteiger charge is -2.32. The minimum Gasteiger partial charge on any atom is -0.339 e. The van der Waals surface area contributed by atoms with E-state index in [4.69, 9.17) is 0 Å². The van der Waals surface area contributed by atoms with Crippen LogP contribution in [0.3, 0.4) is 0 Å². The van der Waals surface area contributed by atoms with Gasteiger partial charge < -0.3 is 10.2 Å². The summed E-state index contributed by atoms with van der Waals surface area (Å²) < 4.78 is 0. The first kappa shape index (κ1) is 14.8. The number of nitrogens with zero attached hydrogens (tertiary/aromatic N) is 2. The van der Waals surface area contributed by atoms with E-state index < -0.39 is 0 Å². The first-order valence-electron chi connectivity index (χ1n) is 7.82. The summed E-state index contributed by atoms with van der Waals surface area (Å²) in [6, 6.07) is 0. The van der Waals surface area contributed by atoms with Crippen LogP contribution < -0.4 is 5.32 Å². The molecule has 1 aliphatic carbocycles. The largest absolute Gasteiger partial charge is 0.339 e. The van der Waals surface area contributed by atoms with Crippen molar-refractivity contribution < 1.29 is 4.79 Å². The summed E-state index contributed by atoms with van der Waals surface area (Å²) in [5.41, 5.74) is 0. The fourth-order valence-corrected chi connectivity index (χ4v) is 3.48. The summed E-state index contributed by atoms with van der Waals surface area (Å²) in [6.07, 6.45) is 5.44. The fourth-order valence-electron chi connectivity index (χ4n) is 3.48. The van der Waals surface area contributed by atoms with Crippen LogP contribution in [0.1, 0.15) is 32.6 Å². The molecule has 2 aliphatic rings. The summed E-state index contributed by atoms with van der Waals surface area (Å²) in [5.74, 6) is 1.97. The number of likely N-dealkylation sites (N-methyl/N-ethyl adjacent to an activating group) is 1. The van der Waals surface area contributed by atoms with E-state index in [2.05, 4.69) is 24.2 Å². The van der Waals surface area contributed by atoms with Crippen LogP contribution >= 0.6 is 0 Å². The molecular weight excluding hydrogens is 238 g/mol. The fraction of sp³-hybridized carbons (Fsp3) is 0.933. The van der Waals surface area contributed by atoms with Crippen LogP contribution in [0.2, 0.25) is 0 Å². The molecule has 110 valence electrons. The molecule has 2 fully saturated rings. The van der Waals surface area contributed by atoms with Crippen molar-refractivity contribution in [3.05, 3.63) is 0 Å². The SMILES string of the molecule is CC1CCCC(CN(C)CC(=O)N2CCNCC2)C1. The minimum absolute atomic E-state index is 0.299. The Balaban J connectivity index is 1.70. The lowest BCUT2D eigenvalue weighted by Crippen LogP contribution is -2.49. The van der Waals surface area contributed by atoms with E-state index in [0.717, 1.165) is 44.6 Å². The zero-order valence-electron chi connectivity index (χ0n) is 12.5. The number of nitrogens with one attached hydrogen (secondary N) is 1. The molecule has 0 spiro atoms. The van der Waals surface area contributed by atoms with Gasteiger partial charge in [0.1, 0.15) is 0 Å². The van der Waals surface area contributed by atoms with Crippen molar-refractivity contribution in [1.82, 2.24) is 15.1 Å². The molecule has 0 aromatic rings. The van der Waals surface area contributed by atoms with Crippen molar-refractivity contribution in [2.75, 3.05) is 46.3 Å². The van der Waals surface area contributed by atoms with Crippen LogP contribution in [0.25, 0.3) is 0 Å². The first-order chi connectivity index (χ1) is 9.15. The van der Waals surface area contributed by atoms with Gasteiger partial charge in [0.05, 0.1) is 6.54 Å². The summed E-state index contributed by atoms with van der Waals surface area (Å²) >= 11 is 0. The Morgan fingerprint density at radius 2 is 2.05 bits per heavy atom. The normalized spacial score (nSPS) is 28.7.